The lowest BCUT2D eigenvalue weighted by atomic mass is 10.1. The Morgan fingerprint density at radius 3 is 2.62 bits per heavy atom. The Labute approximate surface area is 173 Å². The Hall–Kier alpha value is -2.87. The average molecular weight is 416 g/mol. The number of nitrogens with one attached hydrogen (secondary N) is 1. The van der Waals surface area contributed by atoms with Crippen molar-refractivity contribution in [2.45, 2.75) is 52.2 Å². The van der Waals surface area contributed by atoms with E-state index in [1.54, 1.807) is 19.1 Å². The van der Waals surface area contributed by atoms with Gasteiger partial charge >= 0.3 is 5.97 Å². The van der Waals surface area contributed by atoms with E-state index >= 15 is 0 Å². The highest BCUT2D eigenvalue weighted by atomic mass is 32.1. The average Bonchev–Trinajstić information content (AvgIpc) is 3.21. The Morgan fingerprint density at radius 2 is 1.93 bits per heavy atom. The number of hydrogen-bond donors (Lipinski definition) is 2. The third-order valence-electron chi connectivity index (χ3n) is 4.70. The molecule has 1 aliphatic rings. The highest BCUT2D eigenvalue weighted by molar-refractivity contribution is 7.17. The maximum Gasteiger partial charge on any atom is 0.347 e. The van der Waals surface area contributed by atoms with Crippen molar-refractivity contribution in [2.24, 2.45) is 5.73 Å². The molecule has 0 radical (unpaired) electrons. The van der Waals surface area contributed by atoms with Gasteiger partial charge in [-0.25, -0.2) is 4.79 Å². The first kappa shape index (κ1) is 20.9. The molecule has 29 heavy (non-hydrogen) atoms. The third kappa shape index (κ3) is 4.76. The van der Waals surface area contributed by atoms with Gasteiger partial charge in [-0.3, -0.25) is 9.59 Å². The van der Waals surface area contributed by atoms with Gasteiger partial charge in [-0.1, -0.05) is 12.1 Å². The highest BCUT2D eigenvalue weighted by Crippen LogP contribution is 2.38. The fourth-order valence-corrected chi connectivity index (χ4v) is 4.53. The molecule has 2 atom stereocenters. The second kappa shape index (κ2) is 8.65. The van der Waals surface area contributed by atoms with Crippen molar-refractivity contribution in [1.82, 2.24) is 0 Å². The molecule has 0 fully saturated rings. The zero-order valence-corrected chi connectivity index (χ0v) is 17.4. The molecular formula is C21H24N2O5S. The minimum absolute atomic E-state index is 0.366. The second-order valence-electron chi connectivity index (χ2n) is 7.07. The standard InChI is InChI=1S/C21H24N2O5S/c1-11-6-4-7-14(10-11)27-13(3)21(26)28-12(2)19(25)23-20-17(18(22)24)15-8-5-9-16(15)29-20/h4,6-7,10,12-13H,5,8-9H2,1-3H3,(H2,22,24)(H,23,25)/t12-,13-/m1/s1. The molecule has 3 N–H and O–H groups in total. The molecule has 0 saturated carbocycles. The van der Waals surface area contributed by atoms with E-state index in [4.69, 9.17) is 15.2 Å². The van der Waals surface area contributed by atoms with Crippen LogP contribution in [0.25, 0.3) is 0 Å². The molecule has 2 amide bonds. The lowest BCUT2D eigenvalue weighted by molar-refractivity contribution is -0.159. The molecule has 8 heteroatoms. The SMILES string of the molecule is Cc1cccc(O[C@H](C)C(=O)O[C@H](C)C(=O)Nc2sc3c(c2C(N)=O)CCC3)c1. The topological polar surface area (TPSA) is 108 Å². The monoisotopic (exact) mass is 416 g/mol. The largest absolute Gasteiger partial charge is 0.479 e. The first-order chi connectivity index (χ1) is 13.8. The summed E-state index contributed by atoms with van der Waals surface area (Å²) < 4.78 is 10.8. The number of primary amides is 1. The molecule has 2 aromatic rings. The predicted octanol–water partition coefficient (Wildman–Crippen LogP) is 2.98. The van der Waals surface area contributed by atoms with Crippen LogP contribution in [-0.4, -0.2) is 30.0 Å². The molecule has 154 valence electrons. The number of benzene rings is 1. The summed E-state index contributed by atoms with van der Waals surface area (Å²) in [6, 6.07) is 7.30. The van der Waals surface area contributed by atoms with Gasteiger partial charge in [-0.2, -0.15) is 0 Å². The Bertz CT molecular complexity index is 953. The van der Waals surface area contributed by atoms with E-state index < -0.39 is 30.0 Å². The predicted molar refractivity (Wildman–Crippen MR) is 110 cm³/mol. The van der Waals surface area contributed by atoms with Crippen LogP contribution < -0.4 is 15.8 Å². The Kier molecular flexibility index (Phi) is 6.22. The fraction of sp³-hybridized carbons (Fsp3) is 0.381. The summed E-state index contributed by atoms with van der Waals surface area (Å²) in [6.45, 7) is 4.95. The number of carbonyl (C=O) groups excluding carboxylic acids is 3. The number of rotatable bonds is 7. The highest BCUT2D eigenvalue weighted by Gasteiger charge is 2.28. The number of aryl methyl sites for hydroxylation is 2. The van der Waals surface area contributed by atoms with Crippen molar-refractivity contribution in [1.29, 1.82) is 0 Å². The van der Waals surface area contributed by atoms with Crippen LogP contribution in [0.2, 0.25) is 0 Å². The molecule has 0 aliphatic heterocycles. The maximum absolute atomic E-state index is 12.5. The van der Waals surface area contributed by atoms with Gasteiger partial charge in [0.05, 0.1) is 5.56 Å². The Balaban J connectivity index is 1.61. The minimum atomic E-state index is -1.05. The lowest BCUT2D eigenvalue weighted by Crippen LogP contribution is -2.35. The van der Waals surface area contributed by atoms with Gasteiger partial charge in [-0.15, -0.1) is 11.3 Å². The summed E-state index contributed by atoms with van der Waals surface area (Å²) in [5.41, 5.74) is 7.79. The number of nitrogens with two attached hydrogens (primary N) is 1. The first-order valence-corrected chi connectivity index (χ1v) is 10.3. The number of amides is 2. The van der Waals surface area contributed by atoms with E-state index in [0.717, 1.165) is 35.3 Å². The molecule has 0 spiro atoms. The number of ether oxygens (including phenoxy) is 2. The quantitative estimate of drug-likeness (QED) is 0.675. The number of fused-ring (bicyclic) bond motifs is 1. The zero-order valence-electron chi connectivity index (χ0n) is 16.6. The summed E-state index contributed by atoms with van der Waals surface area (Å²) in [7, 11) is 0. The minimum Gasteiger partial charge on any atom is -0.479 e. The number of anilines is 1. The maximum atomic E-state index is 12.5. The Morgan fingerprint density at radius 1 is 1.17 bits per heavy atom. The first-order valence-electron chi connectivity index (χ1n) is 9.45. The van der Waals surface area contributed by atoms with E-state index in [2.05, 4.69) is 5.32 Å². The normalized spacial score (nSPS) is 14.6. The molecule has 1 aliphatic carbocycles. The number of carbonyl (C=O) groups is 3. The van der Waals surface area contributed by atoms with Crippen molar-refractivity contribution >= 4 is 34.1 Å². The van der Waals surface area contributed by atoms with Crippen LogP contribution in [-0.2, 0) is 27.2 Å². The number of thiophene rings is 1. The van der Waals surface area contributed by atoms with Gasteiger partial charge < -0.3 is 20.5 Å². The molecule has 0 bridgehead atoms. The van der Waals surface area contributed by atoms with Crippen LogP contribution in [0.5, 0.6) is 5.75 Å². The summed E-state index contributed by atoms with van der Waals surface area (Å²) in [4.78, 5) is 37.7. The molecule has 1 aromatic heterocycles. The van der Waals surface area contributed by atoms with E-state index in [0.29, 0.717) is 16.3 Å². The summed E-state index contributed by atoms with van der Waals surface area (Å²) in [5.74, 6) is -1.20. The number of hydrogen-bond acceptors (Lipinski definition) is 6. The van der Waals surface area contributed by atoms with Crippen molar-refractivity contribution in [3.63, 3.8) is 0 Å². The van der Waals surface area contributed by atoms with Crippen LogP contribution >= 0.6 is 11.3 Å². The number of esters is 1. The molecule has 0 unspecified atom stereocenters. The van der Waals surface area contributed by atoms with Gasteiger partial charge in [0.1, 0.15) is 10.8 Å². The van der Waals surface area contributed by atoms with Gasteiger partial charge in [-0.05, 0) is 63.3 Å². The van der Waals surface area contributed by atoms with Crippen LogP contribution in [0, 0.1) is 6.92 Å². The molecule has 0 saturated heterocycles. The fourth-order valence-electron chi connectivity index (χ4n) is 3.23. The van der Waals surface area contributed by atoms with Crippen LogP contribution in [0.15, 0.2) is 24.3 Å². The second-order valence-corrected chi connectivity index (χ2v) is 8.18. The molecule has 7 nitrogen and oxygen atoms in total. The summed E-state index contributed by atoms with van der Waals surface area (Å²) in [6.07, 6.45) is 0.692. The van der Waals surface area contributed by atoms with E-state index in [1.165, 1.54) is 18.3 Å². The van der Waals surface area contributed by atoms with Gasteiger partial charge in [0.15, 0.2) is 12.2 Å². The van der Waals surface area contributed by atoms with Gasteiger partial charge in [0.25, 0.3) is 11.8 Å². The van der Waals surface area contributed by atoms with Crippen LogP contribution in [0.1, 0.15) is 46.6 Å². The lowest BCUT2D eigenvalue weighted by Gasteiger charge is -2.18. The molecule has 3 rings (SSSR count). The van der Waals surface area contributed by atoms with E-state index in [-0.39, 0.29) is 0 Å². The summed E-state index contributed by atoms with van der Waals surface area (Å²) >= 11 is 1.35. The zero-order chi connectivity index (χ0) is 21.1. The van der Waals surface area contributed by atoms with Crippen molar-refractivity contribution in [3.8, 4) is 5.75 Å². The molecular weight excluding hydrogens is 392 g/mol. The third-order valence-corrected chi connectivity index (χ3v) is 5.91. The van der Waals surface area contributed by atoms with Gasteiger partial charge in [0.2, 0.25) is 0 Å². The van der Waals surface area contributed by atoms with Crippen molar-refractivity contribution in [2.75, 3.05) is 5.32 Å². The summed E-state index contributed by atoms with van der Waals surface area (Å²) in [5, 5.41) is 3.10. The molecule has 1 aromatic carbocycles. The van der Waals surface area contributed by atoms with Crippen molar-refractivity contribution in [3.05, 3.63) is 45.8 Å². The van der Waals surface area contributed by atoms with Gasteiger partial charge in [0, 0.05) is 4.88 Å². The molecule has 1 heterocycles. The van der Waals surface area contributed by atoms with E-state index in [9.17, 15) is 14.4 Å². The van der Waals surface area contributed by atoms with Crippen molar-refractivity contribution < 1.29 is 23.9 Å². The smallest absolute Gasteiger partial charge is 0.347 e. The van der Waals surface area contributed by atoms with E-state index in [1.807, 2.05) is 19.1 Å². The van der Waals surface area contributed by atoms with Crippen LogP contribution in [0.3, 0.4) is 0 Å². The van der Waals surface area contributed by atoms with Crippen LogP contribution in [0.4, 0.5) is 5.00 Å².